The summed E-state index contributed by atoms with van der Waals surface area (Å²) in [6.45, 7) is 4.44. The SMILES string of the molecule is CC(C)n1cc(CON)c2ccc(F)cc21. The summed E-state index contributed by atoms with van der Waals surface area (Å²) in [4.78, 5) is 4.65. The summed E-state index contributed by atoms with van der Waals surface area (Å²) in [5.41, 5.74) is 1.85. The lowest BCUT2D eigenvalue weighted by Gasteiger charge is -2.08. The summed E-state index contributed by atoms with van der Waals surface area (Å²) in [6.07, 6.45) is 1.96. The molecule has 86 valence electrons. The first kappa shape index (κ1) is 11.1. The molecule has 0 saturated heterocycles. The van der Waals surface area contributed by atoms with Crippen LogP contribution in [0, 0.1) is 5.82 Å². The van der Waals surface area contributed by atoms with E-state index in [1.54, 1.807) is 6.07 Å². The molecule has 1 aromatic heterocycles. The van der Waals surface area contributed by atoms with Crippen molar-refractivity contribution in [3.8, 4) is 0 Å². The van der Waals surface area contributed by atoms with E-state index in [1.165, 1.54) is 12.1 Å². The molecule has 0 atom stereocenters. The quantitative estimate of drug-likeness (QED) is 0.811. The Balaban J connectivity index is 2.66. The van der Waals surface area contributed by atoms with Crippen LogP contribution >= 0.6 is 0 Å². The summed E-state index contributed by atoms with van der Waals surface area (Å²) < 4.78 is 15.2. The molecule has 0 bridgehead atoms. The molecule has 1 heterocycles. The third kappa shape index (κ3) is 1.81. The molecule has 3 nitrogen and oxygen atoms in total. The van der Waals surface area contributed by atoms with E-state index in [9.17, 15) is 4.39 Å². The van der Waals surface area contributed by atoms with Gasteiger partial charge >= 0.3 is 0 Å². The minimum Gasteiger partial charge on any atom is -0.345 e. The molecule has 4 heteroatoms. The highest BCUT2D eigenvalue weighted by atomic mass is 19.1. The minimum absolute atomic E-state index is 0.229. The molecule has 2 N–H and O–H groups in total. The first-order valence-electron chi connectivity index (χ1n) is 5.24. The van der Waals surface area contributed by atoms with E-state index in [2.05, 4.69) is 18.7 Å². The van der Waals surface area contributed by atoms with E-state index >= 15 is 0 Å². The van der Waals surface area contributed by atoms with Crippen LogP contribution in [0.4, 0.5) is 4.39 Å². The molecule has 2 aromatic rings. The van der Waals surface area contributed by atoms with Gasteiger partial charge in [-0.05, 0) is 32.0 Å². The van der Waals surface area contributed by atoms with Crippen molar-refractivity contribution in [2.75, 3.05) is 0 Å². The molecule has 0 fully saturated rings. The van der Waals surface area contributed by atoms with E-state index in [0.717, 1.165) is 16.5 Å². The van der Waals surface area contributed by atoms with Gasteiger partial charge in [0, 0.05) is 23.2 Å². The second kappa shape index (κ2) is 4.23. The fourth-order valence-corrected chi connectivity index (χ4v) is 1.93. The van der Waals surface area contributed by atoms with E-state index in [4.69, 9.17) is 5.90 Å². The lowest BCUT2D eigenvalue weighted by molar-refractivity contribution is 0.125. The third-order valence-corrected chi connectivity index (χ3v) is 2.67. The largest absolute Gasteiger partial charge is 0.345 e. The zero-order chi connectivity index (χ0) is 11.7. The van der Waals surface area contributed by atoms with E-state index < -0.39 is 0 Å². The molecule has 0 radical (unpaired) electrons. The number of hydrogen-bond acceptors (Lipinski definition) is 2. The highest BCUT2D eigenvalue weighted by Gasteiger charge is 2.11. The molecular formula is C12H15FN2O. The van der Waals surface area contributed by atoms with Gasteiger partial charge in [0.2, 0.25) is 0 Å². The highest BCUT2D eigenvalue weighted by molar-refractivity contribution is 5.84. The average Bonchev–Trinajstić information content (AvgIpc) is 2.57. The van der Waals surface area contributed by atoms with Crippen LogP contribution in [-0.2, 0) is 11.4 Å². The van der Waals surface area contributed by atoms with Crippen molar-refractivity contribution in [2.45, 2.75) is 26.5 Å². The van der Waals surface area contributed by atoms with Gasteiger partial charge < -0.3 is 4.57 Å². The van der Waals surface area contributed by atoms with Gasteiger partial charge in [-0.2, -0.15) is 0 Å². The summed E-state index contributed by atoms with van der Waals surface area (Å²) in [7, 11) is 0. The van der Waals surface area contributed by atoms with Crippen LogP contribution in [0.15, 0.2) is 24.4 Å². The van der Waals surface area contributed by atoms with Crippen LogP contribution in [0.1, 0.15) is 25.5 Å². The number of nitrogens with zero attached hydrogens (tertiary/aromatic N) is 1. The number of halogens is 1. The van der Waals surface area contributed by atoms with E-state index in [0.29, 0.717) is 6.61 Å². The maximum absolute atomic E-state index is 13.2. The van der Waals surface area contributed by atoms with Crippen molar-refractivity contribution in [3.05, 3.63) is 35.8 Å². The van der Waals surface area contributed by atoms with Crippen molar-refractivity contribution in [1.82, 2.24) is 4.57 Å². The predicted octanol–water partition coefficient (Wildman–Crippen LogP) is 2.75. The molecule has 0 spiro atoms. The molecule has 0 aliphatic heterocycles. The Morgan fingerprint density at radius 3 is 2.81 bits per heavy atom. The second-order valence-corrected chi connectivity index (χ2v) is 4.13. The predicted molar refractivity (Wildman–Crippen MR) is 61.3 cm³/mol. The van der Waals surface area contributed by atoms with E-state index in [1.807, 2.05) is 10.8 Å². The first-order valence-corrected chi connectivity index (χ1v) is 5.24. The monoisotopic (exact) mass is 222 g/mol. The Kier molecular flexibility index (Phi) is 2.94. The lowest BCUT2D eigenvalue weighted by atomic mass is 10.2. The van der Waals surface area contributed by atoms with Crippen molar-refractivity contribution < 1.29 is 9.23 Å². The summed E-state index contributed by atoms with van der Waals surface area (Å²) in [5.74, 6) is 4.85. The Hall–Kier alpha value is -1.39. The smallest absolute Gasteiger partial charge is 0.125 e. The molecular weight excluding hydrogens is 207 g/mol. The molecule has 0 saturated carbocycles. The Labute approximate surface area is 93.6 Å². The van der Waals surface area contributed by atoms with Gasteiger partial charge in [0.25, 0.3) is 0 Å². The van der Waals surface area contributed by atoms with Crippen molar-refractivity contribution >= 4 is 10.9 Å². The number of rotatable bonds is 3. The van der Waals surface area contributed by atoms with E-state index in [-0.39, 0.29) is 11.9 Å². The fraction of sp³-hybridized carbons (Fsp3) is 0.333. The molecule has 0 aliphatic rings. The molecule has 2 rings (SSSR count). The van der Waals surface area contributed by atoms with Gasteiger partial charge in [-0.3, -0.25) is 4.84 Å². The minimum atomic E-state index is -0.229. The lowest BCUT2D eigenvalue weighted by Crippen LogP contribution is -1.99. The second-order valence-electron chi connectivity index (χ2n) is 4.13. The van der Waals surface area contributed by atoms with Crippen LogP contribution in [0.2, 0.25) is 0 Å². The Morgan fingerprint density at radius 2 is 2.19 bits per heavy atom. The maximum atomic E-state index is 13.2. The van der Waals surface area contributed by atoms with Crippen molar-refractivity contribution in [1.29, 1.82) is 0 Å². The maximum Gasteiger partial charge on any atom is 0.125 e. The Morgan fingerprint density at radius 1 is 1.44 bits per heavy atom. The van der Waals surface area contributed by atoms with Crippen LogP contribution in [0.5, 0.6) is 0 Å². The van der Waals surface area contributed by atoms with Crippen molar-refractivity contribution in [3.63, 3.8) is 0 Å². The number of fused-ring (bicyclic) bond motifs is 1. The zero-order valence-corrected chi connectivity index (χ0v) is 9.40. The third-order valence-electron chi connectivity index (χ3n) is 2.67. The number of nitrogens with two attached hydrogens (primary N) is 1. The topological polar surface area (TPSA) is 40.2 Å². The van der Waals surface area contributed by atoms with Gasteiger partial charge in [0.1, 0.15) is 5.82 Å². The summed E-state index contributed by atoms with van der Waals surface area (Å²) in [6, 6.07) is 5.02. The first-order chi connectivity index (χ1) is 7.63. The summed E-state index contributed by atoms with van der Waals surface area (Å²) >= 11 is 0. The van der Waals surface area contributed by atoms with Gasteiger partial charge in [0.15, 0.2) is 0 Å². The van der Waals surface area contributed by atoms with Gasteiger partial charge in [-0.25, -0.2) is 10.3 Å². The molecule has 0 aliphatic carbocycles. The zero-order valence-electron chi connectivity index (χ0n) is 9.40. The van der Waals surface area contributed by atoms with Crippen molar-refractivity contribution in [2.24, 2.45) is 5.90 Å². The molecule has 1 aromatic carbocycles. The Bertz CT molecular complexity index is 505. The number of benzene rings is 1. The normalized spacial score (nSPS) is 11.6. The highest BCUT2D eigenvalue weighted by Crippen LogP contribution is 2.25. The van der Waals surface area contributed by atoms with Gasteiger partial charge in [-0.15, -0.1) is 0 Å². The molecule has 0 amide bonds. The molecule has 16 heavy (non-hydrogen) atoms. The fourth-order valence-electron chi connectivity index (χ4n) is 1.93. The average molecular weight is 222 g/mol. The van der Waals surface area contributed by atoms with Gasteiger partial charge in [-0.1, -0.05) is 0 Å². The molecule has 0 unspecified atom stereocenters. The number of hydrogen-bond donors (Lipinski definition) is 1. The van der Waals surface area contributed by atoms with Gasteiger partial charge in [0.05, 0.1) is 12.1 Å². The number of aromatic nitrogens is 1. The van der Waals surface area contributed by atoms with Crippen LogP contribution in [0.3, 0.4) is 0 Å². The van der Waals surface area contributed by atoms with Crippen LogP contribution < -0.4 is 5.90 Å². The van der Waals surface area contributed by atoms with Crippen LogP contribution in [-0.4, -0.2) is 4.57 Å². The van der Waals surface area contributed by atoms with Crippen LogP contribution in [0.25, 0.3) is 10.9 Å². The summed E-state index contributed by atoms with van der Waals surface area (Å²) in [5, 5.41) is 0.987. The standard InChI is InChI=1S/C12H15FN2O/c1-8(2)15-6-9(7-16-14)11-4-3-10(13)5-12(11)15/h3-6,8H,7,14H2,1-2H3.